The zero-order valence-electron chi connectivity index (χ0n) is 10.9. The molecule has 90 valence electrons. The van der Waals surface area contributed by atoms with Crippen molar-refractivity contribution in [3.63, 3.8) is 0 Å². The highest BCUT2D eigenvalue weighted by molar-refractivity contribution is 5.36. The molecule has 0 aliphatic rings. The molecule has 2 N–H and O–H groups in total. The van der Waals surface area contributed by atoms with Crippen LogP contribution in [0.2, 0.25) is 0 Å². The Morgan fingerprint density at radius 3 is 2.19 bits per heavy atom. The van der Waals surface area contributed by atoms with E-state index < -0.39 is 0 Å². The molecule has 0 aromatic heterocycles. The van der Waals surface area contributed by atoms with E-state index in [9.17, 15) is 0 Å². The van der Waals surface area contributed by atoms with Crippen LogP contribution in [0.3, 0.4) is 0 Å². The van der Waals surface area contributed by atoms with E-state index in [0.29, 0.717) is 5.92 Å². The van der Waals surface area contributed by atoms with Gasteiger partial charge in [0.05, 0.1) is 0 Å². The van der Waals surface area contributed by atoms with Crippen molar-refractivity contribution >= 4 is 0 Å². The molecule has 1 aromatic carbocycles. The predicted octanol–water partition coefficient (Wildman–Crippen LogP) is 3.23. The molecule has 2 heteroatoms. The van der Waals surface area contributed by atoms with Crippen LogP contribution in [-0.2, 0) is 0 Å². The van der Waals surface area contributed by atoms with E-state index in [4.69, 9.17) is 10.5 Å². The Morgan fingerprint density at radius 2 is 1.75 bits per heavy atom. The summed E-state index contributed by atoms with van der Waals surface area (Å²) in [6.07, 6.45) is 0.0456. The summed E-state index contributed by atoms with van der Waals surface area (Å²) in [7, 11) is 0. The van der Waals surface area contributed by atoms with Gasteiger partial charge >= 0.3 is 0 Å². The molecule has 0 heterocycles. The van der Waals surface area contributed by atoms with Gasteiger partial charge in [0.2, 0.25) is 0 Å². The Kier molecular flexibility index (Phi) is 4.36. The lowest BCUT2D eigenvalue weighted by Gasteiger charge is -2.19. The van der Waals surface area contributed by atoms with Gasteiger partial charge in [0.25, 0.3) is 0 Å². The number of benzene rings is 1. The van der Waals surface area contributed by atoms with Crippen molar-refractivity contribution in [2.24, 2.45) is 5.73 Å². The third-order valence-corrected chi connectivity index (χ3v) is 2.93. The lowest BCUT2D eigenvalue weighted by molar-refractivity contribution is 0.196. The first-order valence-electron chi connectivity index (χ1n) is 5.94. The number of aryl methyl sites for hydroxylation is 1. The van der Waals surface area contributed by atoms with Crippen molar-refractivity contribution < 1.29 is 4.74 Å². The van der Waals surface area contributed by atoms with Crippen molar-refractivity contribution in [1.29, 1.82) is 0 Å². The Bertz CT molecular complexity index is 345. The summed E-state index contributed by atoms with van der Waals surface area (Å²) in [5.74, 6) is 1.46. The van der Waals surface area contributed by atoms with E-state index in [1.807, 2.05) is 19.9 Å². The van der Waals surface area contributed by atoms with Crippen molar-refractivity contribution in [2.45, 2.75) is 52.7 Å². The SMILES string of the molecule is Cc1cc(OC(C)[C@@H](C)N)ccc1C(C)C. The normalized spacial score (nSPS) is 14.9. The molecule has 0 aliphatic carbocycles. The third kappa shape index (κ3) is 3.24. The van der Waals surface area contributed by atoms with Gasteiger partial charge in [-0.05, 0) is 49.9 Å². The summed E-state index contributed by atoms with van der Waals surface area (Å²) in [5.41, 5.74) is 8.43. The van der Waals surface area contributed by atoms with Gasteiger partial charge in [0, 0.05) is 6.04 Å². The molecular formula is C14H23NO. The highest BCUT2D eigenvalue weighted by Gasteiger charge is 2.10. The molecule has 0 saturated carbocycles. The first-order chi connectivity index (χ1) is 7.41. The maximum absolute atomic E-state index is 5.77. The Hall–Kier alpha value is -1.02. The molecule has 0 bridgehead atoms. The largest absolute Gasteiger partial charge is 0.489 e. The van der Waals surface area contributed by atoms with Crippen LogP contribution in [0.15, 0.2) is 18.2 Å². The fourth-order valence-corrected chi connectivity index (χ4v) is 1.69. The van der Waals surface area contributed by atoms with Crippen molar-refractivity contribution in [2.75, 3.05) is 0 Å². The summed E-state index contributed by atoms with van der Waals surface area (Å²) in [5, 5.41) is 0. The third-order valence-electron chi connectivity index (χ3n) is 2.93. The number of hydrogen-bond donors (Lipinski definition) is 1. The minimum atomic E-state index is 0.0456. The first kappa shape index (κ1) is 13.0. The lowest BCUT2D eigenvalue weighted by atomic mass is 9.98. The van der Waals surface area contributed by atoms with Crippen LogP contribution in [0.4, 0.5) is 0 Å². The second-order valence-corrected chi connectivity index (χ2v) is 4.86. The topological polar surface area (TPSA) is 35.2 Å². The Balaban J connectivity index is 2.81. The average Bonchev–Trinajstić information content (AvgIpc) is 2.16. The molecule has 1 rings (SSSR count). The molecule has 0 radical (unpaired) electrons. The van der Waals surface area contributed by atoms with E-state index in [1.165, 1.54) is 11.1 Å². The Morgan fingerprint density at radius 1 is 1.12 bits per heavy atom. The molecule has 0 fully saturated rings. The van der Waals surface area contributed by atoms with Crippen molar-refractivity contribution in [1.82, 2.24) is 0 Å². The molecule has 2 atom stereocenters. The van der Waals surface area contributed by atoms with Gasteiger partial charge in [0.15, 0.2) is 0 Å². The van der Waals surface area contributed by atoms with Crippen molar-refractivity contribution in [3.8, 4) is 5.75 Å². The maximum Gasteiger partial charge on any atom is 0.120 e. The molecule has 0 aliphatic heterocycles. The first-order valence-corrected chi connectivity index (χ1v) is 5.94. The van der Waals surface area contributed by atoms with Gasteiger partial charge < -0.3 is 10.5 Å². The minimum absolute atomic E-state index is 0.0456. The molecular weight excluding hydrogens is 198 g/mol. The average molecular weight is 221 g/mol. The predicted molar refractivity (Wildman–Crippen MR) is 69.0 cm³/mol. The quantitative estimate of drug-likeness (QED) is 0.847. The van der Waals surface area contributed by atoms with Gasteiger partial charge in [0.1, 0.15) is 11.9 Å². The van der Waals surface area contributed by atoms with Crippen LogP contribution in [0, 0.1) is 6.92 Å². The van der Waals surface area contributed by atoms with E-state index in [1.54, 1.807) is 0 Å². The Labute approximate surface area is 98.8 Å². The van der Waals surface area contributed by atoms with E-state index in [0.717, 1.165) is 5.75 Å². The van der Waals surface area contributed by atoms with Crippen LogP contribution in [0.1, 0.15) is 44.7 Å². The molecule has 1 unspecified atom stereocenters. The monoisotopic (exact) mass is 221 g/mol. The highest BCUT2D eigenvalue weighted by Crippen LogP contribution is 2.24. The lowest BCUT2D eigenvalue weighted by Crippen LogP contribution is -2.33. The van der Waals surface area contributed by atoms with Crippen LogP contribution in [-0.4, -0.2) is 12.1 Å². The summed E-state index contributed by atoms with van der Waals surface area (Å²) in [6, 6.07) is 6.31. The van der Waals surface area contributed by atoms with Gasteiger partial charge in [-0.3, -0.25) is 0 Å². The van der Waals surface area contributed by atoms with Gasteiger partial charge in [-0.1, -0.05) is 19.9 Å². The summed E-state index contributed by atoms with van der Waals surface area (Å²) < 4.78 is 5.77. The fourth-order valence-electron chi connectivity index (χ4n) is 1.69. The second kappa shape index (κ2) is 5.35. The molecule has 0 amide bonds. The van der Waals surface area contributed by atoms with E-state index in [2.05, 4.69) is 32.9 Å². The summed E-state index contributed by atoms with van der Waals surface area (Å²) in [6.45, 7) is 10.5. The number of hydrogen-bond acceptors (Lipinski definition) is 2. The van der Waals surface area contributed by atoms with Crippen LogP contribution < -0.4 is 10.5 Å². The van der Waals surface area contributed by atoms with E-state index >= 15 is 0 Å². The van der Waals surface area contributed by atoms with Gasteiger partial charge in [-0.15, -0.1) is 0 Å². The second-order valence-electron chi connectivity index (χ2n) is 4.86. The maximum atomic E-state index is 5.77. The fraction of sp³-hybridized carbons (Fsp3) is 0.571. The highest BCUT2D eigenvalue weighted by atomic mass is 16.5. The van der Waals surface area contributed by atoms with Crippen LogP contribution in [0.25, 0.3) is 0 Å². The summed E-state index contributed by atoms with van der Waals surface area (Å²) >= 11 is 0. The van der Waals surface area contributed by atoms with Gasteiger partial charge in [-0.2, -0.15) is 0 Å². The molecule has 2 nitrogen and oxygen atoms in total. The zero-order valence-corrected chi connectivity index (χ0v) is 10.9. The molecule has 0 spiro atoms. The molecule has 0 saturated heterocycles. The molecule has 16 heavy (non-hydrogen) atoms. The smallest absolute Gasteiger partial charge is 0.120 e. The van der Waals surface area contributed by atoms with Crippen LogP contribution in [0.5, 0.6) is 5.75 Å². The summed E-state index contributed by atoms with van der Waals surface area (Å²) in [4.78, 5) is 0. The van der Waals surface area contributed by atoms with Gasteiger partial charge in [-0.25, -0.2) is 0 Å². The van der Waals surface area contributed by atoms with E-state index in [-0.39, 0.29) is 12.1 Å². The number of ether oxygens (including phenoxy) is 1. The molecule has 1 aromatic rings. The number of nitrogens with two attached hydrogens (primary N) is 1. The van der Waals surface area contributed by atoms with Crippen molar-refractivity contribution in [3.05, 3.63) is 29.3 Å². The number of rotatable bonds is 4. The van der Waals surface area contributed by atoms with Crippen LogP contribution >= 0.6 is 0 Å². The minimum Gasteiger partial charge on any atom is -0.489 e. The zero-order chi connectivity index (χ0) is 12.3. The standard InChI is InChI=1S/C14H23NO/c1-9(2)14-7-6-13(8-10(14)3)16-12(5)11(4)15/h6-9,11-12H,15H2,1-5H3/t11-,12?/m1/s1.